The first kappa shape index (κ1) is 23.2. The second-order valence-corrected chi connectivity index (χ2v) is 9.18. The largest absolute Gasteiger partial charge is 0.497 e. The molecular formula is C25H31N3O4S. The lowest BCUT2D eigenvalue weighted by Crippen LogP contribution is -2.43. The zero-order chi connectivity index (χ0) is 23.4. The van der Waals surface area contributed by atoms with E-state index in [4.69, 9.17) is 9.47 Å². The SMILES string of the molecule is CCn1c(C(=O)N2CCC(C(=O)NCCc3ccc(OC)cc3OC)CC2)cc2sccc21. The van der Waals surface area contributed by atoms with E-state index in [1.165, 1.54) is 0 Å². The number of piperidine rings is 1. The highest BCUT2D eigenvalue weighted by Crippen LogP contribution is 2.28. The summed E-state index contributed by atoms with van der Waals surface area (Å²) in [6.45, 7) is 4.57. The summed E-state index contributed by atoms with van der Waals surface area (Å²) in [5.41, 5.74) is 2.89. The minimum Gasteiger partial charge on any atom is -0.497 e. The number of thiophene rings is 1. The third-order valence-corrected chi connectivity index (χ3v) is 7.25. The van der Waals surface area contributed by atoms with E-state index in [-0.39, 0.29) is 17.7 Å². The number of amides is 2. The summed E-state index contributed by atoms with van der Waals surface area (Å²) in [5, 5.41) is 5.11. The van der Waals surface area contributed by atoms with Crippen molar-refractivity contribution in [3.63, 3.8) is 0 Å². The fourth-order valence-corrected chi connectivity index (χ4v) is 5.35. The molecule has 1 aromatic carbocycles. The van der Waals surface area contributed by atoms with Crippen LogP contribution in [0.15, 0.2) is 35.7 Å². The zero-order valence-corrected chi connectivity index (χ0v) is 20.2. The number of likely N-dealkylation sites (tertiary alicyclic amines) is 1. The maximum absolute atomic E-state index is 13.1. The smallest absolute Gasteiger partial charge is 0.270 e. The van der Waals surface area contributed by atoms with E-state index in [1.807, 2.05) is 29.2 Å². The van der Waals surface area contributed by atoms with E-state index < -0.39 is 0 Å². The van der Waals surface area contributed by atoms with Crippen molar-refractivity contribution in [3.8, 4) is 11.5 Å². The molecule has 0 spiro atoms. The van der Waals surface area contributed by atoms with Gasteiger partial charge in [-0.2, -0.15) is 0 Å². The average molecular weight is 470 g/mol. The molecule has 8 heteroatoms. The van der Waals surface area contributed by atoms with Crippen LogP contribution in [0.1, 0.15) is 35.8 Å². The molecule has 0 bridgehead atoms. The number of carbonyl (C=O) groups excluding carboxylic acids is 2. The maximum atomic E-state index is 13.1. The molecule has 2 amide bonds. The number of aryl methyl sites for hydroxylation is 1. The van der Waals surface area contributed by atoms with Gasteiger partial charge in [0.2, 0.25) is 5.91 Å². The molecule has 4 rings (SSSR count). The molecular weight excluding hydrogens is 438 g/mol. The van der Waals surface area contributed by atoms with Crippen LogP contribution in [0.4, 0.5) is 0 Å². The quantitative estimate of drug-likeness (QED) is 0.542. The fourth-order valence-electron chi connectivity index (χ4n) is 4.52. The van der Waals surface area contributed by atoms with E-state index >= 15 is 0 Å². The Morgan fingerprint density at radius 2 is 1.91 bits per heavy atom. The van der Waals surface area contributed by atoms with Gasteiger partial charge in [0.15, 0.2) is 0 Å². The molecule has 1 N–H and O–H groups in total. The Balaban J connectivity index is 1.28. The van der Waals surface area contributed by atoms with Crippen LogP contribution in [0.25, 0.3) is 10.2 Å². The van der Waals surface area contributed by atoms with Crippen molar-refractivity contribution in [3.05, 3.63) is 47.0 Å². The third-order valence-electron chi connectivity index (χ3n) is 6.40. The number of nitrogens with one attached hydrogen (secondary N) is 1. The zero-order valence-electron chi connectivity index (χ0n) is 19.4. The first-order chi connectivity index (χ1) is 16.0. The van der Waals surface area contributed by atoms with Gasteiger partial charge in [-0.05, 0) is 55.3 Å². The first-order valence-electron chi connectivity index (χ1n) is 11.4. The van der Waals surface area contributed by atoms with Crippen LogP contribution in [-0.2, 0) is 17.8 Å². The Bertz CT molecular complexity index is 1130. The molecule has 0 saturated carbocycles. The summed E-state index contributed by atoms with van der Waals surface area (Å²) < 4.78 is 13.9. The van der Waals surface area contributed by atoms with Gasteiger partial charge in [-0.3, -0.25) is 9.59 Å². The monoisotopic (exact) mass is 469 g/mol. The number of hydrogen-bond acceptors (Lipinski definition) is 5. The summed E-state index contributed by atoms with van der Waals surface area (Å²) in [6, 6.07) is 9.77. The summed E-state index contributed by atoms with van der Waals surface area (Å²) in [5.74, 6) is 1.56. The molecule has 1 aliphatic heterocycles. The third kappa shape index (κ3) is 4.85. The standard InChI is InChI=1S/C25H31N3O4S/c1-4-28-20-10-14-33-23(20)16-21(28)25(30)27-12-8-18(9-13-27)24(29)26-11-7-17-5-6-19(31-2)15-22(17)32-3/h5-6,10,14-16,18H,4,7-9,11-13H2,1-3H3,(H,26,29). The summed E-state index contributed by atoms with van der Waals surface area (Å²) in [4.78, 5) is 27.7. The van der Waals surface area contributed by atoms with E-state index in [0.29, 0.717) is 38.9 Å². The van der Waals surface area contributed by atoms with Crippen LogP contribution >= 0.6 is 11.3 Å². The van der Waals surface area contributed by atoms with Gasteiger partial charge >= 0.3 is 0 Å². The molecule has 33 heavy (non-hydrogen) atoms. The number of carbonyl (C=O) groups is 2. The highest BCUT2D eigenvalue weighted by molar-refractivity contribution is 7.17. The van der Waals surface area contributed by atoms with Crippen LogP contribution in [0, 0.1) is 5.92 Å². The van der Waals surface area contributed by atoms with E-state index in [9.17, 15) is 9.59 Å². The molecule has 176 valence electrons. The lowest BCUT2D eigenvalue weighted by atomic mass is 9.95. The number of ether oxygens (including phenoxy) is 2. The van der Waals surface area contributed by atoms with Crippen molar-refractivity contribution < 1.29 is 19.1 Å². The summed E-state index contributed by atoms with van der Waals surface area (Å²) >= 11 is 1.66. The Morgan fingerprint density at radius 1 is 1.12 bits per heavy atom. The van der Waals surface area contributed by atoms with Crippen LogP contribution in [-0.4, -0.2) is 55.1 Å². The van der Waals surface area contributed by atoms with Gasteiger partial charge in [-0.25, -0.2) is 0 Å². The van der Waals surface area contributed by atoms with E-state index in [1.54, 1.807) is 25.6 Å². The number of nitrogens with zero attached hydrogens (tertiary/aromatic N) is 2. The molecule has 3 heterocycles. The number of methoxy groups -OCH3 is 2. The van der Waals surface area contributed by atoms with Gasteiger partial charge < -0.3 is 24.3 Å². The molecule has 7 nitrogen and oxygen atoms in total. The molecule has 1 fully saturated rings. The minimum absolute atomic E-state index is 0.0608. The topological polar surface area (TPSA) is 72.8 Å². The van der Waals surface area contributed by atoms with Crippen molar-refractivity contribution in [2.45, 2.75) is 32.7 Å². The molecule has 0 unspecified atom stereocenters. The van der Waals surface area contributed by atoms with Gasteiger partial charge in [0.05, 0.1) is 24.4 Å². The van der Waals surface area contributed by atoms with Crippen LogP contribution in [0.5, 0.6) is 11.5 Å². The number of aromatic nitrogens is 1. The Kier molecular flexibility index (Phi) is 7.23. The predicted molar refractivity (Wildman–Crippen MR) is 130 cm³/mol. The fraction of sp³-hybridized carbons (Fsp3) is 0.440. The lowest BCUT2D eigenvalue weighted by Gasteiger charge is -2.31. The van der Waals surface area contributed by atoms with E-state index in [0.717, 1.165) is 39.5 Å². The van der Waals surface area contributed by atoms with Crippen molar-refractivity contribution in [1.82, 2.24) is 14.8 Å². The Labute approximate surface area is 198 Å². The Morgan fingerprint density at radius 3 is 2.61 bits per heavy atom. The summed E-state index contributed by atoms with van der Waals surface area (Å²) in [7, 11) is 3.25. The van der Waals surface area contributed by atoms with Crippen molar-refractivity contribution in [2.24, 2.45) is 5.92 Å². The average Bonchev–Trinajstić information content (AvgIpc) is 3.45. The van der Waals surface area contributed by atoms with Crippen molar-refractivity contribution in [2.75, 3.05) is 33.9 Å². The van der Waals surface area contributed by atoms with Gasteiger partial charge in [-0.1, -0.05) is 6.07 Å². The van der Waals surface area contributed by atoms with E-state index in [2.05, 4.69) is 28.3 Å². The molecule has 2 aromatic heterocycles. The molecule has 3 aromatic rings. The second kappa shape index (κ2) is 10.3. The number of hydrogen-bond donors (Lipinski definition) is 1. The minimum atomic E-state index is -0.0618. The predicted octanol–water partition coefficient (Wildman–Crippen LogP) is 3.95. The van der Waals surface area contributed by atoms with Crippen LogP contribution < -0.4 is 14.8 Å². The molecule has 0 atom stereocenters. The van der Waals surface area contributed by atoms with Gasteiger partial charge in [0, 0.05) is 38.2 Å². The second-order valence-electron chi connectivity index (χ2n) is 8.23. The van der Waals surface area contributed by atoms with Gasteiger partial charge in [0.1, 0.15) is 17.2 Å². The lowest BCUT2D eigenvalue weighted by molar-refractivity contribution is -0.126. The van der Waals surface area contributed by atoms with Crippen molar-refractivity contribution >= 4 is 33.4 Å². The summed E-state index contributed by atoms with van der Waals surface area (Å²) in [6.07, 6.45) is 2.05. The number of rotatable bonds is 8. The maximum Gasteiger partial charge on any atom is 0.270 e. The molecule has 0 radical (unpaired) electrons. The molecule has 0 aliphatic carbocycles. The van der Waals surface area contributed by atoms with Crippen LogP contribution in [0.3, 0.4) is 0 Å². The highest BCUT2D eigenvalue weighted by atomic mass is 32.1. The highest BCUT2D eigenvalue weighted by Gasteiger charge is 2.29. The van der Waals surface area contributed by atoms with Crippen molar-refractivity contribution in [1.29, 1.82) is 0 Å². The number of benzene rings is 1. The van der Waals surface area contributed by atoms with Gasteiger partial charge in [0.25, 0.3) is 5.91 Å². The molecule has 1 aliphatic rings. The normalized spacial score (nSPS) is 14.5. The van der Waals surface area contributed by atoms with Crippen LogP contribution in [0.2, 0.25) is 0 Å². The first-order valence-corrected chi connectivity index (χ1v) is 12.3. The number of fused-ring (bicyclic) bond motifs is 1. The molecule has 1 saturated heterocycles. The van der Waals surface area contributed by atoms with Gasteiger partial charge in [-0.15, -0.1) is 11.3 Å². The Hall–Kier alpha value is -3.00.